The molecule has 102 valence electrons. The number of nitrogens with one attached hydrogen (secondary N) is 1. The number of benzene rings is 1. The molecule has 6 heteroatoms. The molecule has 3 nitrogen and oxygen atoms in total. The fourth-order valence-electron chi connectivity index (χ4n) is 1.89. The van der Waals surface area contributed by atoms with Crippen molar-refractivity contribution >= 4 is 12.2 Å². The van der Waals surface area contributed by atoms with E-state index in [2.05, 4.69) is 24.0 Å². The molecule has 0 amide bonds. The lowest BCUT2D eigenvalue weighted by Crippen LogP contribution is -2.10. The van der Waals surface area contributed by atoms with E-state index in [4.69, 9.17) is 12.2 Å². The van der Waals surface area contributed by atoms with Gasteiger partial charge < -0.3 is 4.57 Å². The van der Waals surface area contributed by atoms with E-state index < -0.39 is 11.6 Å². The van der Waals surface area contributed by atoms with E-state index in [1.165, 1.54) is 6.07 Å². The number of halogens is 2. The van der Waals surface area contributed by atoms with Crippen LogP contribution >= 0.6 is 12.2 Å². The molecule has 1 aromatic carbocycles. The van der Waals surface area contributed by atoms with E-state index >= 15 is 0 Å². The monoisotopic (exact) mass is 283 g/mol. The Morgan fingerprint density at radius 3 is 2.79 bits per heavy atom. The van der Waals surface area contributed by atoms with Gasteiger partial charge in [-0.25, -0.2) is 8.78 Å². The average Bonchev–Trinajstić information content (AvgIpc) is 2.67. The molecular formula is C13H15F2N3S. The van der Waals surface area contributed by atoms with E-state index in [0.717, 1.165) is 6.07 Å². The molecule has 2 aromatic rings. The van der Waals surface area contributed by atoms with Crippen molar-refractivity contribution < 1.29 is 8.78 Å². The molecule has 0 saturated carbocycles. The van der Waals surface area contributed by atoms with Gasteiger partial charge in [0, 0.05) is 13.0 Å². The molecule has 0 radical (unpaired) electrons. The highest BCUT2D eigenvalue weighted by Crippen LogP contribution is 2.15. The first-order valence-corrected chi connectivity index (χ1v) is 6.47. The van der Waals surface area contributed by atoms with Crippen molar-refractivity contribution in [3.05, 3.63) is 46.0 Å². The molecule has 0 aliphatic carbocycles. The summed E-state index contributed by atoms with van der Waals surface area (Å²) in [5, 5.41) is 6.79. The zero-order valence-corrected chi connectivity index (χ0v) is 11.6. The van der Waals surface area contributed by atoms with Crippen LogP contribution in [0.2, 0.25) is 0 Å². The van der Waals surface area contributed by atoms with E-state index in [9.17, 15) is 8.78 Å². The third-order valence-electron chi connectivity index (χ3n) is 2.77. The first-order chi connectivity index (χ1) is 8.99. The van der Waals surface area contributed by atoms with Crippen molar-refractivity contribution in [2.75, 3.05) is 0 Å². The van der Waals surface area contributed by atoms with Gasteiger partial charge in [0.05, 0.1) is 0 Å². The van der Waals surface area contributed by atoms with Gasteiger partial charge in [-0.3, -0.25) is 5.10 Å². The lowest BCUT2D eigenvalue weighted by Gasteiger charge is -2.09. The molecule has 0 fully saturated rings. The van der Waals surface area contributed by atoms with Gasteiger partial charge in [0.25, 0.3) is 0 Å². The molecule has 0 aliphatic heterocycles. The van der Waals surface area contributed by atoms with E-state index in [1.807, 2.05) is 4.57 Å². The number of H-pyrrole nitrogens is 1. The molecule has 2 rings (SSSR count). The molecule has 0 aliphatic rings. The minimum atomic E-state index is -0.845. The van der Waals surface area contributed by atoms with Crippen molar-refractivity contribution in [1.82, 2.24) is 14.8 Å². The van der Waals surface area contributed by atoms with Crippen LogP contribution in [0.1, 0.15) is 25.2 Å². The van der Waals surface area contributed by atoms with Crippen LogP contribution in [-0.4, -0.2) is 14.8 Å². The van der Waals surface area contributed by atoms with Gasteiger partial charge in [-0.1, -0.05) is 26.0 Å². The minimum Gasteiger partial charge on any atom is -0.304 e. The third-order valence-corrected chi connectivity index (χ3v) is 3.08. The van der Waals surface area contributed by atoms with Gasteiger partial charge in [0.1, 0.15) is 5.82 Å². The second-order valence-electron chi connectivity index (χ2n) is 4.84. The lowest BCUT2D eigenvalue weighted by molar-refractivity contribution is 0.490. The van der Waals surface area contributed by atoms with Crippen molar-refractivity contribution in [3.63, 3.8) is 0 Å². The van der Waals surface area contributed by atoms with Gasteiger partial charge in [-0.05, 0) is 29.8 Å². The Morgan fingerprint density at radius 2 is 2.11 bits per heavy atom. The number of hydrogen-bond acceptors (Lipinski definition) is 2. The van der Waals surface area contributed by atoms with Crippen LogP contribution in [0.3, 0.4) is 0 Å². The highest BCUT2D eigenvalue weighted by molar-refractivity contribution is 7.71. The van der Waals surface area contributed by atoms with Crippen molar-refractivity contribution in [1.29, 1.82) is 0 Å². The van der Waals surface area contributed by atoms with E-state index in [0.29, 0.717) is 23.1 Å². The number of nitrogens with zero attached hydrogens (tertiary/aromatic N) is 2. The maximum Gasteiger partial charge on any atom is 0.195 e. The lowest BCUT2D eigenvalue weighted by atomic mass is 10.1. The Bertz CT molecular complexity index is 631. The van der Waals surface area contributed by atoms with Gasteiger partial charge >= 0.3 is 0 Å². The zero-order valence-electron chi connectivity index (χ0n) is 10.8. The van der Waals surface area contributed by atoms with Gasteiger partial charge in [-0.15, -0.1) is 0 Å². The molecule has 0 spiro atoms. The second-order valence-corrected chi connectivity index (χ2v) is 5.23. The van der Waals surface area contributed by atoms with Crippen LogP contribution in [-0.2, 0) is 13.0 Å². The summed E-state index contributed by atoms with van der Waals surface area (Å²) in [6.45, 7) is 4.81. The minimum absolute atomic E-state index is 0.212. The normalized spacial score (nSPS) is 11.2. The largest absolute Gasteiger partial charge is 0.304 e. The van der Waals surface area contributed by atoms with Gasteiger partial charge in [0.15, 0.2) is 16.4 Å². The van der Waals surface area contributed by atoms with Crippen molar-refractivity contribution in [3.8, 4) is 0 Å². The summed E-state index contributed by atoms with van der Waals surface area (Å²) >= 11 is 5.14. The first-order valence-electron chi connectivity index (χ1n) is 6.06. The fraction of sp³-hybridized carbons (Fsp3) is 0.385. The van der Waals surface area contributed by atoms with Crippen LogP contribution in [0, 0.1) is 22.3 Å². The summed E-state index contributed by atoms with van der Waals surface area (Å²) in [6.07, 6.45) is 0.212. The van der Waals surface area contributed by atoms with Crippen LogP contribution < -0.4 is 0 Å². The Kier molecular flexibility index (Phi) is 4.09. The summed E-state index contributed by atoms with van der Waals surface area (Å²) in [7, 11) is 0. The first kappa shape index (κ1) is 13.9. The number of hydrogen-bond donors (Lipinski definition) is 1. The standard InChI is InChI=1S/C13H15F2N3S/c1-8(2)7-18-11(16-17-13(18)19)6-9-4-3-5-10(14)12(9)15/h3-5,8H,6-7H2,1-2H3,(H,17,19). The SMILES string of the molecule is CC(C)Cn1c(Cc2cccc(F)c2F)n[nH]c1=S. The van der Waals surface area contributed by atoms with Crippen LogP contribution in [0.5, 0.6) is 0 Å². The fourth-order valence-corrected chi connectivity index (χ4v) is 2.12. The molecule has 0 bridgehead atoms. The third kappa shape index (κ3) is 3.07. The van der Waals surface area contributed by atoms with E-state index in [-0.39, 0.29) is 12.0 Å². The predicted octanol–water partition coefficient (Wildman–Crippen LogP) is 3.47. The molecular weight excluding hydrogens is 268 g/mol. The Morgan fingerprint density at radius 1 is 1.37 bits per heavy atom. The maximum atomic E-state index is 13.6. The molecule has 1 N–H and O–H groups in total. The van der Waals surface area contributed by atoms with Crippen molar-refractivity contribution in [2.45, 2.75) is 26.8 Å². The summed E-state index contributed by atoms with van der Waals surface area (Å²) in [4.78, 5) is 0. The summed E-state index contributed by atoms with van der Waals surface area (Å²) in [6, 6.07) is 4.14. The molecule has 19 heavy (non-hydrogen) atoms. The quantitative estimate of drug-likeness (QED) is 0.872. The summed E-state index contributed by atoms with van der Waals surface area (Å²) in [5.41, 5.74) is 0.277. The van der Waals surface area contributed by atoms with Crippen LogP contribution in [0.4, 0.5) is 8.78 Å². The Hall–Kier alpha value is -1.56. The highest BCUT2D eigenvalue weighted by atomic mass is 32.1. The molecule has 0 unspecified atom stereocenters. The van der Waals surface area contributed by atoms with E-state index in [1.54, 1.807) is 6.07 Å². The Labute approximate surface area is 115 Å². The molecule has 1 heterocycles. The number of rotatable bonds is 4. The average molecular weight is 283 g/mol. The Balaban J connectivity index is 2.33. The van der Waals surface area contributed by atoms with Crippen molar-refractivity contribution in [2.24, 2.45) is 5.92 Å². The zero-order chi connectivity index (χ0) is 14.0. The van der Waals surface area contributed by atoms with Gasteiger partial charge in [-0.2, -0.15) is 5.10 Å². The second kappa shape index (κ2) is 5.61. The topological polar surface area (TPSA) is 33.6 Å². The van der Waals surface area contributed by atoms with Crippen LogP contribution in [0.25, 0.3) is 0 Å². The predicted molar refractivity (Wildman–Crippen MR) is 71.4 cm³/mol. The number of aromatic amines is 1. The molecule has 0 atom stereocenters. The van der Waals surface area contributed by atoms with Crippen LogP contribution in [0.15, 0.2) is 18.2 Å². The highest BCUT2D eigenvalue weighted by Gasteiger charge is 2.13. The van der Waals surface area contributed by atoms with Gasteiger partial charge in [0.2, 0.25) is 0 Å². The molecule has 0 saturated heterocycles. The smallest absolute Gasteiger partial charge is 0.195 e. The molecule has 1 aromatic heterocycles. The maximum absolute atomic E-state index is 13.6. The summed E-state index contributed by atoms with van der Waals surface area (Å²) < 4.78 is 29.1. The number of aromatic nitrogens is 3. The summed E-state index contributed by atoms with van der Waals surface area (Å²) in [5.74, 6) is -0.668.